The third-order valence-electron chi connectivity index (χ3n) is 5.81. The first-order valence-electron chi connectivity index (χ1n) is 10.6. The van der Waals surface area contributed by atoms with Crippen LogP contribution in [-0.4, -0.2) is 0 Å². The largest absolute Gasteiger partial charge is 0.196 e. The number of hydrogen-bond acceptors (Lipinski definition) is 1. The molecule has 0 saturated heterocycles. The molecule has 26 heavy (non-hydrogen) atoms. The topological polar surface area (TPSA) is 23.8 Å². The first-order valence-corrected chi connectivity index (χ1v) is 10.6. The number of halogens is 1. The van der Waals surface area contributed by atoms with E-state index >= 15 is 0 Å². The summed E-state index contributed by atoms with van der Waals surface area (Å²) in [6.45, 7) is 2.26. The maximum Gasteiger partial charge on any atom is 0.196 e. The van der Waals surface area contributed by atoms with Gasteiger partial charge in [0, 0.05) is 0 Å². The van der Waals surface area contributed by atoms with Crippen molar-refractivity contribution in [3.05, 3.63) is 47.3 Å². The first-order chi connectivity index (χ1) is 12.7. The fourth-order valence-electron chi connectivity index (χ4n) is 4.06. The Labute approximate surface area is 159 Å². The van der Waals surface area contributed by atoms with E-state index in [2.05, 4.69) is 31.2 Å². The lowest BCUT2D eigenvalue weighted by atomic mass is 9.79. The molecule has 0 N–H and O–H groups in total. The van der Waals surface area contributed by atoms with Gasteiger partial charge in [0.25, 0.3) is 0 Å². The van der Waals surface area contributed by atoms with E-state index in [0.717, 1.165) is 38.0 Å². The van der Waals surface area contributed by atoms with Crippen molar-refractivity contribution in [2.75, 3.05) is 0 Å². The van der Waals surface area contributed by atoms with Crippen LogP contribution in [0.25, 0.3) is 0 Å². The molecule has 1 aromatic rings. The number of allylic oxidation sites excluding steroid dienone is 2. The highest BCUT2D eigenvalue weighted by atomic mass is 19.1. The van der Waals surface area contributed by atoms with Crippen LogP contribution < -0.4 is 0 Å². The predicted octanol–water partition coefficient (Wildman–Crippen LogP) is 7.32. The Morgan fingerprint density at radius 3 is 2.23 bits per heavy atom. The first kappa shape index (κ1) is 20.7. The molecular formula is C24H34FN. The van der Waals surface area contributed by atoms with Crippen LogP contribution >= 0.6 is 0 Å². The molecule has 0 unspecified atom stereocenters. The predicted molar refractivity (Wildman–Crippen MR) is 107 cm³/mol. The van der Waals surface area contributed by atoms with Crippen LogP contribution in [0.1, 0.15) is 82.3 Å². The van der Waals surface area contributed by atoms with E-state index in [0.29, 0.717) is 0 Å². The minimum absolute atomic E-state index is 0.266. The van der Waals surface area contributed by atoms with Gasteiger partial charge in [-0.2, -0.15) is 9.65 Å². The Hall–Kier alpha value is -1.62. The number of aryl methyl sites for hydroxylation is 2. The van der Waals surface area contributed by atoms with E-state index in [9.17, 15) is 4.39 Å². The molecule has 0 amide bonds. The van der Waals surface area contributed by atoms with Gasteiger partial charge in [0.15, 0.2) is 5.83 Å². The summed E-state index contributed by atoms with van der Waals surface area (Å²) in [4.78, 5) is 0. The van der Waals surface area contributed by atoms with Crippen LogP contribution in [0.5, 0.6) is 0 Å². The molecule has 0 aliphatic heterocycles. The monoisotopic (exact) mass is 355 g/mol. The normalized spacial score (nSPS) is 20.7. The average molecular weight is 356 g/mol. The fourth-order valence-corrected chi connectivity index (χ4v) is 4.06. The third kappa shape index (κ3) is 7.73. The fraction of sp³-hybridized carbons (Fsp3) is 0.625. The van der Waals surface area contributed by atoms with E-state index in [4.69, 9.17) is 5.26 Å². The molecule has 0 heterocycles. The van der Waals surface area contributed by atoms with Gasteiger partial charge in [-0.25, -0.2) is 0 Å². The van der Waals surface area contributed by atoms with Gasteiger partial charge in [0.1, 0.15) is 6.07 Å². The Morgan fingerprint density at radius 1 is 1.00 bits per heavy atom. The molecule has 2 rings (SSSR count). The summed E-state index contributed by atoms with van der Waals surface area (Å²) in [5.41, 5.74) is 2.91. The molecule has 1 aliphatic carbocycles. The number of nitrogens with zero attached hydrogens (tertiary/aromatic N) is 1. The molecule has 0 radical (unpaired) electrons. The summed E-state index contributed by atoms with van der Waals surface area (Å²) in [6.07, 6.45) is 16.2. The Morgan fingerprint density at radius 2 is 1.62 bits per heavy atom. The van der Waals surface area contributed by atoms with Crippen LogP contribution in [0.4, 0.5) is 4.39 Å². The standard InChI is InChI=1S/C24H34FN/c1-2-3-4-5-6-7-20-8-10-21(11-9-20)12-13-22-14-16-23(17-15-22)18-24(25)19-26/h8-11,18,22-23H,2-7,12-17H2,1H3. The average Bonchev–Trinajstić information content (AvgIpc) is 2.68. The molecule has 1 fully saturated rings. The third-order valence-corrected chi connectivity index (χ3v) is 5.81. The SMILES string of the molecule is CCCCCCCc1ccc(CCC2CCC(C=C(F)C#N)CC2)cc1. The van der Waals surface area contributed by atoms with Gasteiger partial charge >= 0.3 is 0 Å². The van der Waals surface area contributed by atoms with Crippen LogP contribution in [0.3, 0.4) is 0 Å². The molecule has 1 nitrogen and oxygen atoms in total. The summed E-state index contributed by atoms with van der Waals surface area (Å²) >= 11 is 0. The summed E-state index contributed by atoms with van der Waals surface area (Å²) in [5.74, 6) is 0.407. The van der Waals surface area contributed by atoms with Crippen molar-refractivity contribution in [3.63, 3.8) is 0 Å². The molecule has 1 aromatic carbocycles. The lowest BCUT2D eigenvalue weighted by Crippen LogP contribution is -2.14. The highest BCUT2D eigenvalue weighted by Gasteiger charge is 2.20. The minimum atomic E-state index is -0.612. The minimum Gasteiger partial charge on any atom is -0.195 e. The number of unbranched alkanes of at least 4 members (excludes halogenated alkanes) is 4. The molecule has 1 aliphatic rings. The quantitative estimate of drug-likeness (QED) is 0.319. The van der Waals surface area contributed by atoms with Crippen molar-refractivity contribution in [2.45, 2.75) is 84.0 Å². The number of rotatable bonds is 10. The van der Waals surface area contributed by atoms with E-state index < -0.39 is 5.83 Å². The van der Waals surface area contributed by atoms with E-state index in [1.807, 2.05) is 0 Å². The Kier molecular flexibility index (Phi) is 9.46. The van der Waals surface area contributed by atoms with Crippen LogP contribution in [0.15, 0.2) is 36.2 Å². The second-order valence-electron chi connectivity index (χ2n) is 7.93. The maximum atomic E-state index is 13.0. The summed E-state index contributed by atoms with van der Waals surface area (Å²) < 4.78 is 13.0. The van der Waals surface area contributed by atoms with Crippen molar-refractivity contribution in [1.29, 1.82) is 5.26 Å². The molecule has 0 bridgehead atoms. The van der Waals surface area contributed by atoms with Crippen LogP contribution in [0.2, 0.25) is 0 Å². The zero-order chi connectivity index (χ0) is 18.6. The van der Waals surface area contributed by atoms with E-state index in [1.54, 1.807) is 6.07 Å². The van der Waals surface area contributed by atoms with Crippen molar-refractivity contribution in [3.8, 4) is 6.07 Å². The number of benzene rings is 1. The van der Waals surface area contributed by atoms with Gasteiger partial charge in [0.2, 0.25) is 0 Å². The van der Waals surface area contributed by atoms with Gasteiger partial charge < -0.3 is 0 Å². The number of nitriles is 1. The zero-order valence-electron chi connectivity index (χ0n) is 16.4. The van der Waals surface area contributed by atoms with E-state index in [-0.39, 0.29) is 5.92 Å². The molecule has 142 valence electrons. The van der Waals surface area contributed by atoms with Crippen molar-refractivity contribution in [2.24, 2.45) is 11.8 Å². The molecule has 1 saturated carbocycles. The lowest BCUT2D eigenvalue weighted by molar-refractivity contribution is 0.294. The second kappa shape index (κ2) is 11.9. The van der Waals surface area contributed by atoms with Gasteiger partial charge in [0.05, 0.1) is 0 Å². The summed E-state index contributed by atoms with van der Waals surface area (Å²) in [7, 11) is 0. The molecule has 0 atom stereocenters. The highest BCUT2D eigenvalue weighted by Crippen LogP contribution is 2.33. The molecular weight excluding hydrogens is 321 g/mol. The van der Waals surface area contributed by atoms with Gasteiger partial charge in [-0.3, -0.25) is 0 Å². The molecule has 0 spiro atoms. The zero-order valence-corrected chi connectivity index (χ0v) is 16.4. The van der Waals surface area contributed by atoms with Crippen molar-refractivity contribution in [1.82, 2.24) is 0 Å². The smallest absolute Gasteiger partial charge is 0.195 e. The van der Waals surface area contributed by atoms with Gasteiger partial charge in [-0.05, 0) is 80.4 Å². The highest BCUT2D eigenvalue weighted by molar-refractivity contribution is 5.22. The second-order valence-corrected chi connectivity index (χ2v) is 7.93. The number of hydrogen-bond donors (Lipinski definition) is 0. The van der Waals surface area contributed by atoms with Crippen LogP contribution in [-0.2, 0) is 12.8 Å². The Balaban J connectivity index is 1.65. The van der Waals surface area contributed by atoms with Gasteiger partial charge in [-0.15, -0.1) is 0 Å². The van der Waals surface area contributed by atoms with Crippen molar-refractivity contribution >= 4 is 0 Å². The van der Waals surface area contributed by atoms with E-state index in [1.165, 1.54) is 62.1 Å². The van der Waals surface area contributed by atoms with Crippen LogP contribution in [0, 0.1) is 23.2 Å². The summed E-state index contributed by atoms with van der Waals surface area (Å²) in [5, 5.41) is 8.54. The van der Waals surface area contributed by atoms with Crippen molar-refractivity contribution < 1.29 is 4.39 Å². The van der Waals surface area contributed by atoms with Gasteiger partial charge in [-0.1, -0.05) is 56.9 Å². The summed E-state index contributed by atoms with van der Waals surface area (Å²) in [6, 6.07) is 10.8. The maximum absolute atomic E-state index is 13.0. The molecule has 0 aromatic heterocycles. The lowest BCUT2D eigenvalue weighted by Gasteiger charge is -2.26. The molecule has 2 heteroatoms. The Bertz CT molecular complexity index is 573.